The lowest BCUT2D eigenvalue weighted by Crippen LogP contribution is -2.07. The zero-order valence-electron chi connectivity index (χ0n) is 12.5. The highest BCUT2D eigenvalue weighted by Crippen LogP contribution is 2.29. The summed E-state index contributed by atoms with van der Waals surface area (Å²) in [5.74, 6) is -0.235. The number of benzene rings is 1. The topological polar surface area (TPSA) is 76.7 Å². The van der Waals surface area contributed by atoms with Crippen LogP contribution in [0.5, 0.6) is 5.75 Å². The number of hydrogen-bond donors (Lipinski definition) is 1. The molecular weight excluding hydrogens is 282 g/mol. The second kappa shape index (κ2) is 5.14. The average Bonchev–Trinajstić information content (AvgIpc) is 2.84. The molecule has 0 aliphatic carbocycles. The van der Waals surface area contributed by atoms with E-state index in [4.69, 9.17) is 4.74 Å². The van der Waals surface area contributed by atoms with Crippen LogP contribution in [0.15, 0.2) is 30.5 Å². The van der Waals surface area contributed by atoms with Crippen LogP contribution in [0, 0.1) is 13.8 Å². The summed E-state index contributed by atoms with van der Waals surface area (Å²) in [6.07, 6.45) is 1.38. The van der Waals surface area contributed by atoms with Gasteiger partial charge in [-0.05, 0) is 31.5 Å². The Morgan fingerprint density at radius 3 is 2.50 bits per heavy atom. The van der Waals surface area contributed by atoms with Crippen molar-refractivity contribution in [1.82, 2.24) is 14.6 Å². The molecule has 0 bridgehead atoms. The molecule has 112 valence electrons. The molecule has 0 aliphatic heterocycles. The van der Waals surface area contributed by atoms with Gasteiger partial charge < -0.3 is 9.84 Å². The van der Waals surface area contributed by atoms with Gasteiger partial charge in [-0.2, -0.15) is 5.10 Å². The lowest BCUT2D eigenvalue weighted by molar-refractivity contribution is 0.0695. The van der Waals surface area contributed by atoms with Gasteiger partial charge in [0.1, 0.15) is 5.75 Å². The van der Waals surface area contributed by atoms with E-state index < -0.39 is 5.97 Å². The highest BCUT2D eigenvalue weighted by molar-refractivity contribution is 5.89. The Kier molecular flexibility index (Phi) is 3.29. The van der Waals surface area contributed by atoms with Crippen LogP contribution in [0.3, 0.4) is 0 Å². The molecule has 0 fully saturated rings. The smallest absolute Gasteiger partial charge is 0.339 e. The number of nitrogens with zero attached hydrogens (tertiary/aromatic N) is 3. The molecule has 6 heteroatoms. The Balaban J connectivity index is 2.24. The fraction of sp³-hybridized carbons (Fsp3) is 0.188. The van der Waals surface area contributed by atoms with Crippen LogP contribution in [0.2, 0.25) is 0 Å². The lowest BCUT2D eigenvalue weighted by Gasteiger charge is -2.05. The maximum atomic E-state index is 11.2. The molecule has 0 aliphatic rings. The van der Waals surface area contributed by atoms with Crippen LogP contribution in [0.1, 0.15) is 21.7 Å². The first-order valence-electron chi connectivity index (χ1n) is 6.75. The van der Waals surface area contributed by atoms with Gasteiger partial charge >= 0.3 is 5.97 Å². The van der Waals surface area contributed by atoms with Gasteiger partial charge in [0.2, 0.25) is 0 Å². The molecule has 22 heavy (non-hydrogen) atoms. The molecule has 0 atom stereocenters. The third-order valence-electron chi connectivity index (χ3n) is 3.67. The summed E-state index contributed by atoms with van der Waals surface area (Å²) < 4.78 is 6.75. The highest BCUT2D eigenvalue weighted by atomic mass is 16.5. The molecule has 0 radical (unpaired) electrons. The SMILES string of the molecule is COc1ccc(-c2c(C)nn3c(C)c(C(=O)O)cnc23)cc1. The number of rotatable bonds is 3. The molecule has 1 aromatic carbocycles. The molecule has 0 spiro atoms. The second-order valence-electron chi connectivity index (χ2n) is 4.99. The summed E-state index contributed by atoms with van der Waals surface area (Å²) in [6.45, 7) is 3.61. The number of hydrogen-bond acceptors (Lipinski definition) is 4. The first-order chi connectivity index (χ1) is 10.5. The van der Waals surface area contributed by atoms with Crippen molar-refractivity contribution < 1.29 is 14.6 Å². The largest absolute Gasteiger partial charge is 0.497 e. The van der Waals surface area contributed by atoms with Crippen molar-refractivity contribution in [2.75, 3.05) is 7.11 Å². The first-order valence-corrected chi connectivity index (χ1v) is 6.75. The van der Waals surface area contributed by atoms with E-state index in [2.05, 4.69) is 10.1 Å². The van der Waals surface area contributed by atoms with Crippen molar-refractivity contribution in [2.24, 2.45) is 0 Å². The maximum absolute atomic E-state index is 11.2. The lowest BCUT2D eigenvalue weighted by atomic mass is 10.1. The number of aromatic carboxylic acids is 1. The van der Waals surface area contributed by atoms with Gasteiger partial charge in [0.25, 0.3) is 0 Å². The number of aryl methyl sites for hydroxylation is 2. The monoisotopic (exact) mass is 297 g/mol. The van der Waals surface area contributed by atoms with Crippen LogP contribution in [-0.2, 0) is 0 Å². The molecule has 3 rings (SSSR count). The predicted octanol–water partition coefficient (Wildman–Crippen LogP) is 2.72. The van der Waals surface area contributed by atoms with Crippen molar-refractivity contribution >= 4 is 11.6 Å². The molecule has 6 nitrogen and oxygen atoms in total. The summed E-state index contributed by atoms with van der Waals surface area (Å²) in [5.41, 5.74) is 4.00. The summed E-state index contributed by atoms with van der Waals surface area (Å²) in [6, 6.07) is 7.61. The van der Waals surface area contributed by atoms with E-state index in [0.717, 1.165) is 22.6 Å². The molecular formula is C16H15N3O3. The molecule has 2 aromatic heterocycles. The number of carbonyl (C=O) groups is 1. The molecule has 0 saturated carbocycles. The molecule has 0 amide bonds. The molecule has 3 aromatic rings. The Morgan fingerprint density at radius 2 is 1.91 bits per heavy atom. The number of methoxy groups -OCH3 is 1. The predicted molar refractivity (Wildman–Crippen MR) is 81.4 cm³/mol. The van der Waals surface area contributed by atoms with Gasteiger partial charge in [0, 0.05) is 11.8 Å². The number of carboxylic acids is 1. The minimum Gasteiger partial charge on any atom is -0.497 e. The molecule has 0 saturated heterocycles. The summed E-state index contributed by atoms with van der Waals surface area (Å²) in [7, 11) is 1.62. The normalized spacial score (nSPS) is 10.9. The summed E-state index contributed by atoms with van der Waals surface area (Å²) in [5, 5.41) is 13.6. The van der Waals surface area contributed by atoms with Gasteiger partial charge in [0.05, 0.1) is 24.1 Å². The van der Waals surface area contributed by atoms with Crippen LogP contribution in [0.4, 0.5) is 0 Å². The van der Waals surface area contributed by atoms with E-state index >= 15 is 0 Å². The maximum Gasteiger partial charge on any atom is 0.339 e. The fourth-order valence-corrected chi connectivity index (χ4v) is 2.51. The van der Waals surface area contributed by atoms with E-state index in [1.165, 1.54) is 6.20 Å². The van der Waals surface area contributed by atoms with Gasteiger partial charge in [-0.3, -0.25) is 0 Å². The number of aromatic nitrogens is 3. The van der Waals surface area contributed by atoms with Gasteiger partial charge in [-0.25, -0.2) is 14.3 Å². The van der Waals surface area contributed by atoms with E-state index in [1.54, 1.807) is 18.5 Å². The van der Waals surface area contributed by atoms with Crippen molar-refractivity contribution in [3.8, 4) is 16.9 Å². The zero-order valence-corrected chi connectivity index (χ0v) is 12.5. The standard InChI is InChI=1S/C16H15N3O3/c1-9-14(11-4-6-12(22-3)7-5-11)15-17-8-13(16(20)21)10(2)19(15)18-9/h4-8H,1-3H3,(H,20,21). The first kappa shape index (κ1) is 14.1. The number of ether oxygens (including phenoxy) is 1. The molecule has 1 N–H and O–H groups in total. The number of fused-ring (bicyclic) bond motifs is 1. The van der Waals surface area contributed by atoms with Crippen molar-refractivity contribution in [2.45, 2.75) is 13.8 Å². The Hall–Kier alpha value is -2.89. The molecule has 0 unspecified atom stereocenters. The third-order valence-corrected chi connectivity index (χ3v) is 3.67. The van der Waals surface area contributed by atoms with Crippen molar-refractivity contribution in [3.63, 3.8) is 0 Å². The van der Waals surface area contributed by atoms with Crippen molar-refractivity contribution in [3.05, 3.63) is 47.4 Å². The minimum atomic E-state index is -1.01. The average molecular weight is 297 g/mol. The van der Waals surface area contributed by atoms with Crippen molar-refractivity contribution in [1.29, 1.82) is 0 Å². The van der Waals surface area contributed by atoms with Crippen LogP contribution >= 0.6 is 0 Å². The highest BCUT2D eigenvalue weighted by Gasteiger charge is 2.18. The zero-order chi connectivity index (χ0) is 15.9. The quantitative estimate of drug-likeness (QED) is 0.804. The van der Waals surface area contributed by atoms with E-state index in [0.29, 0.717) is 11.3 Å². The van der Waals surface area contributed by atoms with E-state index in [1.807, 2.05) is 31.2 Å². The van der Waals surface area contributed by atoms with Crippen LogP contribution in [0.25, 0.3) is 16.8 Å². The van der Waals surface area contributed by atoms with Gasteiger partial charge in [-0.15, -0.1) is 0 Å². The summed E-state index contributed by atoms with van der Waals surface area (Å²) in [4.78, 5) is 15.5. The Labute approximate surface area is 127 Å². The van der Waals surface area contributed by atoms with E-state index in [-0.39, 0.29) is 5.56 Å². The third kappa shape index (κ3) is 2.09. The minimum absolute atomic E-state index is 0.149. The van der Waals surface area contributed by atoms with Crippen LogP contribution in [-0.4, -0.2) is 32.8 Å². The van der Waals surface area contributed by atoms with Crippen LogP contribution < -0.4 is 4.74 Å². The number of carboxylic acid groups (broad SMARTS) is 1. The Morgan fingerprint density at radius 1 is 1.23 bits per heavy atom. The Bertz CT molecular complexity index is 866. The van der Waals surface area contributed by atoms with E-state index in [9.17, 15) is 9.90 Å². The van der Waals surface area contributed by atoms with Gasteiger partial charge in [-0.1, -0.05) is 12.1 Å². The second-order valence-corrected chi connectivity index (χ2v) is 4.99. The molecule has 2 heterocycles. The van der Waals surface area contributed by atoms with Gasteiger partial charge in [0.15, 0.2) is 5.65 Å². The summed E-state index contributed by atoms with van der Waals surface area (Å²) >= 11 is 0. The fourth-order valence-electron chi connectivity index (χ4n) is 2.51.